The van der Waals surface area contributed by atoms with Crippen LogP contribution in [-0.4, -0.2) is 31.3 Å². The number of nitrogens with zero attached hydrogens (tertiary/aromatic N) is 5. The summed E-state index contributed by atoms with van der Waals surface area (Å²) in [6, 6.07) is 0.216. The highest BCUT2D eigenvalue weighted by Crippen LogP contribution is 2.13. The smallest absolute Gasteiger partial charge is 0.322 e. The second kappa shape index (κ2) is 5.83. The van der Waals surface area contributed by atoms with Crippen molar-refractivity contribution in [2.24, 2.45) is 7.05 Å². The van der Waals surface area contributed by atoms with Crippen molar-refractivity contribution in [1.82, 2.24) is 24.7 Å². The molecule has 0 amide bonds. The van der Waals surface area contributed by atoms with Gasteiger partial charge in [-0.1, -0.05) is 0 Å². The van der Waals surface area contributed by atoms with E-state index in [2.05, 4.69) is 25.4 Å². The molecule has 2 rings (SSSR count). The minimum Gasteiger partial charge on any atom is -0.464 e. The number of ether oxygens (including phenoxy) is 1. The molecule has 0 aliphatic carbocycles. The third kappa shape index (κ3) is 3.54. The summed E-state index contributed by atoms with van der Waals surface area (Å²) in [7, 11) is 1.88. The van der Waals surface area contributed by atoms with Crippen LogP contribution in [0, 0.1) is 6.92 Å². The third-order valence-corrected chi connectivity index (χ3v) is 2.58. The van der Waals surface area contributed by atoms with Crippen molar-refractivity contribution >= 4 is 17.5 Å². The van der Waals surface area contributed by atoms with Gasteiger partial charge in [-0.2, -0.15) is 20.1 Å². The van der Waals surface area contributed by atoms with Crippen molar-refractivity contribution in [2.45, 2.75) is 20.4 Å². The number of halogens is 1. The van der Waals surface area contributed by atoms with Gasteiger partial charge >= 0.3 is 6.01 Å². The summed E-state index contributed by atoms with van der Waals surface area (Å²) in [6.07, 6.45) is 1.94. The third-order valence-electron chi connectivity index (χ3n) is 2.41. The Labute approximate surface area is 116 Å². The Hall–Kier alpha value is -1.89. The fourth-order valence-corrected chi connectivity index (χ4v) is 1.75. The Kier molecular flexibility index (Phi) is 4.16. The van der Waals surface area contributed by atoms with Crippen molar-refractivity contribution in [3.05, 3.63) is 22.7 Å². The molecular weight excluding hydrogens is 268 g/mol. The Bertz CT molecular complexity index is 570. The van der Waals surface area contributed by atoms with Crippen LogP contribution in [0.15, 0.2) is 6.20 Å². The lowest BCUT2D eigenvalue weighted by molar-refractivity contribution is 0.312. The van der Waals surface area contributed by atoms with Crippen LogP contribution in [0.4, 0.5) is 5.95 Å². The first-order valence-corrected chi connectivity index (χ1v) is 6.23. The molecule has 0 radical (unpaired) electrons. The van der Waals surface area contributed by atoms with Gasteiger partial charge < -0.3 is 10.1 Å². The van der Waals surface area contributed by atoms with Crippen molar-refractivity contribution in [2.75, 3.05) is 11.9 Å². The molecule has 0 aliphatic heterocycles. The van der Waals surface area contributed by atoms with Gasteiger partial charge in [-0.3, -0.25) is 4.68 Å². The zero-order valence-corrected chi connectivity index (χ0v) is 11.8. The summed E-state index contributed by atoms with van der Waals surface area (Å²) < 4.78 is 6.97. The molecule has 7 nitrogen and oxygen atoms in total. The topological polar surface area (TPSA) is 77.8 Å². The first-order valence-electron chi connectivity index (χ1n) is 5.86. The molecule has 1 N–H and O–H groups in total. The average molecular weight is 283 g/mol. The van der Waals surface area contributed by atoms with E-state index in [1.54, 1.807) is 4.68 Å². The molecule has 0 fully saturated rings. The van der Waals surface area contributed by atoms with Crippen LogP contribution >= 0.6 is 11.6 Å². The summed E-state index contributed by atoms with van der Waals surface area (Å²) in [5.74, 6) is 0.381. The lowest BCUT2D eigenvalue weighted by atomic mass is 10.3. The molecule has 2 aromatic heterocycles. The van der Waals surface area contributed by atoms with Crippen LogP contribution < -0.4 is 10.1 Å². The van der Waals surface area contributed by atoms with Gasteiger partial charge in [0.15, 0.2) is 0 Å². The van der Waals surface area contributed by atoms with E-state index in [-0.39, 0.29) is 11.3 Å². The molecule has 0 aliphatic rings. The summed E-state index contributed by atoms with van der Waals surface area (Å²) in [5, 5.41) is 7.44. The van der Waals surface area contributed by atoms with Gasteiger partial charge in [0.05, 0.1) is 12.3 Å². The van der Waals surface area contributed by atoms with Crippen molar-refractivity contribution in [1.29, 1.82) is 0 Å². The van der Waals surface area contributed by atoms with E-state index in [1.165, 1.54) is 0 Å². The molecule has 0 saturated heterocycles. The predicted octanol–water partition coefficient (Wildman–Crippen LogP) is 1.58. The molecule has 2 aromatic rings. The van der Waals surface area contributed by atoms with Crippen LogP contribution in [-0.2, 0) is 13.6 Å². The van der Waals surface area contributed by atoms with Gasteiger partial charge in [0, 0.05) is 25.4 Å². The van der Waals surface area contributed by atoms with E-state index >= 15 is 0 Å². The van der Waals surface area contributed by atoms with Crippen molar-refractivity contribution in [3.63, 3.8) is 0 Å². The first kappa shape index (κ1) is 13.5. The minimum absolute atomic E-state index is 0.101. The Morgan fingerprint density at radius 2 is 2.16 bits per heavy atom. The van der Waals surface area contributed by atoms with Gasteiger partial charge in [0.25, 0.3) is 0 Å². The summed E-state index contributed by atoms with van der Waals surface area (Å²) in [5.41, 5.74) is 2.03. The molecule has 0 spiro atoms. The molecular formula is C11H15ClN6O. The normalized spacial score (nSPS) is 10.5. The standard InChI is InChI=1S/C11H15ClN6O/c1-4-19-11-15-9(12)14-10(16-11)13-5-8-6-18(3)17-7(8)2/h6H,4-5H2,1-3H3,(H,13,14,15,16). The van der Waals surface area contributed by atoms with Gasteiger partial charge in [-0.15, -0.1) is 0 Å². The maximum atomic E-state index is 5.80. The number of anilines is 1. The first-order chi connectivity index (χ1) is 9.08. The summed E-state index contributed by atoms with van der Waals surface area (Å²) in [6.45, 7) is 4.83. The summed E-state index contributed by atoms with van der Waals surface area (Å²) >= 11 is 5.80. The molecule has 0 unspecified atom stereocenters. The number of rotatable bonds is 5. The van der Waals surface area contributed by atoms with Crippen LogP contribution in [0.1, 0.15) is 18.2 Å². The van der Waals surface area contributed by atoms with E-state index in [9.17, 15) is 0 Å². The summed E-state index contributed by atoms with van der Waals surface area (Å²) in [4.78, 5) is 12.0. The van der Waals surface area contributed by atoms with Crippen molar-refractivity contribution < 1.29 is 4.74 Å². The van der Waals surface area contributed by atoms with Gasteiger partial charge in [0.1, 0.15) is 0 Å². The lowest BCUT2D eigenvalue weighted by Gasteiger charge is -2.06. The van der Waals surface area contributed by atoms with E-state index in [0.29, 0.717) is 19.1 Å². The van der Waals surface area contributed by atoms with Crippen LogP contribution in [0.25, 0.3) is 0 Å². The highest BCUT2D eigenvalue weighted by Gasteiger charge is 2.07. The molecule has 19 heavy (non-hydrogen) atoms. The maximum Gasteiger partial charge on any atom is 0.322 e. The number of hydrogen-bond acceptors (Lipinski definition) is 6. The highest BCUT2D eigenvalue weighted by molar-refractivity contribution is 6.28. The SMILES string of the molecule is CCOc1nc(Cl)nc(NCc2cn(C)nc2C)n1. The Morgan fingerprint density at radius 3 is 2.79 bits per heavy atom. The van der Waals surface area contributed by atoms with E-state index in [0.717, 1.165) is 11.3 Å². The maximum absolute atomic E-state index is 5.80. The fraction of sp³-hybridized carbons (Fsp3) is 0.455. The van der Waals surface area contributed by atoms with E-state index in [4.69, 9.17) is 16.3 Å². The monoisotopic (exact) mass is 282 g/mol. The quantitative estimate of drug-likeness (QED) is 0.897. The Morgan fingerprint density at radius 1 is 1.37 bits per heavy atom. The molecule has 0 bridgehead atoms. The van der Waals surface area contributed by atoms with Crippen LogP contribution in [0.3, 0.4) is 0 Å². The molecule has 102 valence electrons. The van der Waals surface area contributed by atoms with Gasteiger partial charge in [-0.05, 0) is 25.4 Å². The number of aromatic nitrogens is 5. The molecule has 8 heteroatoms. The second-order valence-corrected chi connectivity index (χ2v) is 4.25. The van der Waals surface area contributed by atoms with E-state index in [1.807, 2.05) is 27.1 Å². The highest BCUT2D eigenvalue weighted by atomic mass is 35.5. The molecule has 2 heterocycles. The van der Waals surface area contributed by atoms with Crippen molar-refractivity contribution in [3.8, 4) is 6.01 Å². The predicted molar refractivity (Wildman–Crippen MR) is 71.3 cm³/mol. The largest absolute Gasteiger partial charge is 0.464 e. The number of aryl methyl sites for hydroxylation is 2. The van der Waals surface area contributed by atoms with Gasteiger partial charge in [0.2, 0.25) is 11.2 Å². The number of nitrogens with one attached hydrogen (secondary N) is 1. The van der Waals surface area contributed by atoms with Crippen LogP contribution in [0.5, 0.6) is 6.01 Å². The minimum atomic E-state index is 0.101. The Balaban J connectivity index is 2.08. The average Bonchev–Trinajstić information content (AvgIpc) is 2.65. The fourth-order valence-electron chi connectivity index (χ4n) is 1.60. The second-order valence-electron chi connectivity index (χ2n) is 3.91. The zero-order chi connectivity index (χ0) is 13.8. The molecule has 0 aromatic carbocycles. The molecule has 0 atom stereocenters. The zero-order valence-electron chi connectivity index (χ0n) is 11.0. The lowest BCUT2D eigenvalue weighted by Crippen LogP contribution is -2.07. The van der Waals surface area contributed by atoms with Gasteiger partial charge in [-0.25, -0.2) is 0 Å². The molecule has 0 saturated carbocycles. The van der Waals surface area contributed by atoms with Crippen LogP contribution in [0.2, 0.25) is 5.28 Å². The number of hydrogen-bond donors (Lipinski definition) is 1. The van der Waals surface area contributed by atoms with E-state index < -0.39 is 0 Å².